The van der Waals surface area contributed by atoms with Crippen molar-refractivity contribution < 1.29 is 9.53 Å². The molecule has 1 aliphatic heterocycles. The number of carbonyl (C=O) groups excluding carboxylic acids is 1. The third-order valence-corrected chi connectivity index (χ3v) is 10.4. The molecule has 3 aromatic carbocycles. The number of amides is 1. The number of aryl methyl sites for hydroxylation is 1. The van der Waals surface area contributed by atoms with E-state index in [1.54, 1.807) is 7.11 Å². The molecule has 232 valence electrons. The molecule has 3 heterocycles. The van der Waals surface area contributed by atoms with E-state index in [9.17, 15) is 4.79 Å². The number of hydrogen-bond acceptors (Lipinski definition) is 4. The van der Waals surface area contributed by atoms with Crippen LogP contribution in [0, 0.1) is 11.3 Å². The molecule has 2 aliphatic rings. The number of imidazole rings is 1. The number of benzene rings is 3. The zero-order valence-electron chi connectivity index (χ0n) is 26.8. The Morgan fingerprint density at radius 2 is 1.91 bits per heavy atom. The van der Waals surface area contributed by atoms with Crippen LogP contribution < -0.4 is 10.5 Å². The number of nitrogens with two attached hydrogens (primary N) is 1. The number of allylic oxidation sites excluding steroid dienone is 1. The number of hydrogen-bond donors (Lipinski definition) is 1. The minimum Gasteiger partial charge on any atom is -0.494 e. The van der Waals surface area contributed by atoms with Crippen LogP contribution in [-0.2, 0) is 20.0 Å². The van der Waals surface area contributed by atoms with E-state index in [2.05, 4.69) is 89.7 Å². The van der Waals surface area contributed by atoms with E-state index in [1.165, 1.54) is 34.9 Å². The summed E-state index contributed by atoms with van der Waals surface area (Å²) in [6.07, 6.45) is 8.84. The summed E-state index contributed by atoms with van der Waals surface area (Å²) in [6, 6.07) is 23.4. The SMILES string of the molecule is CC[C@@]1(CN)CN(C(=O)c2cc(OC)c3c(c2)nc(-c2cc4ccc(/C=C/Cc5ccccc5)cc4n2CC2CC2)n3C)C1C. The maximum Gasteiger partial charge on any atom is 0.254 e. The van der Waals surface area contributed by atoms with Crippen molar-refractivity contribution in [2.24, 2.45) is 24.1 Å². The lowest BCUT2D eigenvalue weighted by Gasteiger charge is -2.56. The first-order valence-electron chi connectivity index (χ1n) is 16.3. The molecule has 1 unspecified atom stereocenters. The Morgan fingerprint density at radius 3 is 2.60 bits per heavy atom. The smallest absolute Gasteiger partial charge is 0.254 e. The van der Waals surface area contributed by atoms with E-state index in [0.717, 1.165) is 41.9 Å². The monoisotopic (exact) mass is 601 g/mol. The third kappa shape index (κ3) is 5.13. The van der Waals surface area contributed by atoms with Crippen molar-refractivity contribution in [1.82, 2.24) is 19.0 Å². The highest BCUT2D eigenvalue weighted by Gasteiger charge is 2.50. The van der Waals surface area contributed by atoms with Crippen LogP contribution in [-0.4, -0.2) is 51.2 Å². The maximum absolute atomic E-state index is 13.7. The summed E-state index contributed by atoms with van der Waals surface area (Å²) < 4.78 is 10.4. The van der Waals surface area contributed by atoms with Crippen LogP contribution in [0.4, 0.5) is 0 Å². The standard InChI is InChI=1S/C38H43N5O2/c1-5-38(23-39)24-43(25(38)2)37(44)30-19-31-35(34(21-30)45-4)41(3)36(40-31)33-20-29-17-16-27(13-9-12-26-10-7-6-8-11-26)18-32(29)42(33)22-28-14-15-28/h6-11,13,16-21,25,28H,5,12,14-15,22-24,39H2,1-4H3/b13-9+/t25?,38-/m1/s1. The van der Waals surface area contributed by atoms with E-state index in [0.29, 0.717) is 30.3 Å². The molecule has 1 amide bonds. The summed E-state index contributed by atoms with van der Waals surface area (Å²) in [5.74, 6) is 2.22. The second-order valence-corrected chi connectivity index (χ2v) is 13.1. The number of fused-ring (bicyclic) bond motifs is 2. The molecule has 7 nitrogen and oxygen atoms in total. The van der Waals surface area contributed by atoms with Crippen LogP contribution in [0.15, 0.2) is 72.8 Å². The van der Waals surface area contributed by atoms with Gasteiger partial charge in [-0.05, 0) is 73.9 Å². The van der Waals surface area contributed by atoms with Gasteiger partial charge in [0.1, 0.15) is 11.3 Å². The average Bonchev–Trinajstić information content (AvgIpc) is 3.74. The van der Waals surface area contributed by atoms with Gasteiger partial charge in [-0.15, -0.1) is 0 Å². The van der Waals surface area contributed by atoms with Crippen LogP contribution in [0.2, 0.25) is 0 Å². The van der Waals surface area contributed by atoms with Crippen molar-refractivity contribution in [1.29, 1.82) is 0 Å². The second kappa shape index (κ2) is 11.5. The van der Waals surface area contributed by atoms with Crippen LogP contribution in [0.5, 0.6) is 5.75 Å². The lowest BCUT2D eigenvalue weighted by Crippen LogP contribution is -2.67. The largest absolute Gasteiger partial charge is 0.494 e. The minimum atomic E-state index is -0.00542. The lowest BCUT2D eigenvalue weighted by atomic mass is 9.70. The molecular formula is C38H43N5O2. The van der Waals surface area contributed by atoms with Gasteiger partial charge in [0.25, 0.3) is 5.91 Å². The number of ether oxygens (including phenoxy) is 1. The predicted molar refractivity (Wildman–Crippen MR) is 182 cm³/mol. The molecule has 45 heavy (non-hydrogen) atoms. The number of methoxy groups -OCH3 is 1. The Bertz CT molecular complexity index is 1910. The Labute approximate surface area is 265 Å². The van der Waals surface area contributed by atoms with E-state index in [-0.39, 0.29) is 17.4 Å². The molecule has 1 aliphatic carbocycles. The molecule has 1 saturated heterocycles. The molecule has 0 spiro atoms. The van der Waals surface area contributed by atoms with E-state index in [4.69, 9.17) is 15.5 Å². The zero-order valence-corrected chi connectivity index (χ0v) is 26.8. The highest BCUT2D eigenvalue weighted by atomic mass is 16.5. The van der Waals surface area contributed by atoms with Crippen molar-refractivity contribution >= 4 is 33.9 Å². The van der Waals surface area contributed by atoms with Gasteiger partial charge in [-0.1, -0.05) is 61.5 Å². The number of aromatic nitrogens is 3. The molecule has 5 aromatic rings. The molecular weight excluding hydrogens is 558 g/mol. The summed E-state index contributed by atoms with van der Waals surface area (Å²) in [5, 5.41) is 1.20. The van der Waals surface area contributed by atoms with Crippen molar-refractivity contribution in [2.45, 2.75) is 52.1 Å². The quantitative estimate of drug-likeness (QED) is 0.186. The van der Waals surface area contributed by atoms with Crippen LogP contribution in [0.25, 0.3) is 39.5 Å². The first-order valence-corrected chi connectivity index (χ1v) is 16.3. The third-order valence-electron chi connectivity index (χ3n) is 10.4. The summed E-state index contributed by atoms with van der Waals surface area (Å²) in [6.45, 7) is 6.49. The van der Waals surface area contributed by atoms with Gasteiger partial charge in [-0.2, -0.15) is 0 Å². The topological polar surface area (TPSA) is 78.3 Å². The molecule has 2 N–H and O–H groups in total. The van der Waals surface area contributed by atoms with Crippen molar-refractivity contribution in [3.8, 4) is 17.3 Å². The molecule has 2 atom stereocenters. The van der Waals surface area contributed by atoms with Gasteiger partial charge < -0.3 is 24.5 Å². The summed E-state index contributed by atoms with van der Waals surface area (Å²) in [5.41, 5.74) is 13.2. The Morgan fingerprint density at radius 1 is 1.11 bits per heavy atom. The molecule has 7 heteroatoms. The summed E-state index contributed by atoms with van der Waals surface area (Å²) in [4.78, 5) is 20.8. The summed E-state index contributed by atoms with van der Waals surface area (Å²) in [7, 11) is 3.70. The Kier molecular flexibility index (Phi) is 7.52. The Balaban J connectivity index is 1.26. The highest BCUT2D eigenvalue weighted by molar-refractivity contribution is 6.01. The number of rotatable bonds is 10. The van der Waals surface area contributed by atoms with Crippen LogP contribution in [0.1, 0.15) is 54.6 Å². The van der Waals surface area contributed by atoms with Crippen molar-refractivity contribution in [2.75, 3.05) is 20.2 Å². The molecule has 2 aromatic heterocycles. The fourth-order valence-electron chi connectivity index (χ4n) is 7.11. The van der Waals surface area contributed by atoms with Crippen LogP contribution >= 0.6 is 0 Å². The normalized spacial score (nSPS) is 19.9. The molecule has 7 rings (SSSR count). The first kappa shape index (κ1) is 29.4. The minimum absolute atomic E-state index is 0.00289. The van der Waals surface area contributed by atoms with E-state index >= 15 is 0 Å². The van der Waals surface area contributed by atoms with E-state index in [1.807, 2.05) is 24.1 Å². The zero-order chi connectivity index (χ0) is 31.3. The summed E-state index contributed by atoms with van der Waals surface area (Å²) >= 11 is 0. The highest BCUT2D eigenvalue weighted by Crippen LogP contribution is 2.42. The Hall–Kier alpha value is -4.36. The molecule has 1 saturated carbocycles. The van der Waals surface area contributed by atoms with Gasteiger partial charge in [0.15, 0.2) is 5.82 Å². The van der Waals surface area contributed by atoms with Gasteiger partial charge in [0, 0.05) is 54.6 Å². The van der Waals surface area contributed by atoms with Gasteiger partial charge in [-0.3, -0.25) is 4.79 Å². The fourth-order valence-corrected chi connectivity index (χ4v) is 7.11. The number of likely N-dealkylation sites (tertiary alicyclic amines) is 1. The van der Waals surface area contributed by atoms with Gasteiger partial charge >= 0.3 is 0 Å². The number of carbonyl (C=O) groups is 1. The molecule has 0 radical (unpaired) electrons. The van der Waals surface area contributed by atoms with Crippen molar-refractivity contribution in [3.05, 3.63) is 89.5 Å². The maximum atomic E-state index is 13.7. The van der Waals surface area contributed by atoms with Gasteiger partial charge in [-0.25, -0.2) is 4.98 Å². The van der Waals surface area contributed by atoms with Crippen LogP contribution in [0.3, 0.4) is 0 Å². The van der Waals surface area contributed by atoms with Gasteiger partial charge in [0.2, 0.25) is 0 Å². The fraction of sp³-hybridized carbons (Fsp3) is 0.368. The second-order valence-electron chi connectivity index (χ2n) is 13.1. The molecule has 0 bridgehead atoms. The lowest BCUT2D eigenvalue weighted by molar-refractivity contribution is -0.0403. The van der Waals surface area contributed by atoms with E-state index < -0.39 is 0 Å². The predicted octanol–water partition coefficient (Wildman–Crippen LogP) is 7.07. The molecule has 2 fully saturated rings. The van der Waals surface area contributed by atoms with Gasteiger partial charge in [0.05, 0.1) is 18.3 Å². The first-order chi connectivity index (χ1) is 21.9. The average molecular weight is 602 g/mol. The van der Waals surface area contributed by atoms with Crippen molar-refractivity contribution in [3.63, 3.8) is 0 Å². The number of nitrogens with zero attached hydrogens (tertiary/aromatic N) is 4.